The van der Waals surface area contributed by atoms with Crippen molar-refractivity contribution in [1.29, 1.82) is 0 Å². The summed E-state index contributed by atoms with van der Waals surface area (Å²) < 4.78 is 101. The molecule has 0 radical (unpaired) electrons. The SMILES string of the molecule is C=C(C)C(=O)OC1(C)CCC(=O)CC1.C=C(C)C(=O)OC1(C)CCC(=O)OC1.C=C(C)C(=O)OC1CCC(=O)C1.C=C(C)C(=O)OC1CCCC1=O.C=C(C)C(=O)OCC1CNC(=S)O1.C=C(C)C(=O)OCC1COC(C)(C)O1.C=C(C)C(=O)OCC1COCO1.C=C(C)C(=O)OCC1CSC(=O)O1.C=C(C)C(=O)OCC1CSC(=S)O1.C=C(C)C(=O)OCC1OCC(C)O1. The van der Waals surface area contributed by atoms with E-state index in [1.54, 1.807) is 76.2 Å². The average molecular weight is 1910 g/mol. The molecule has 3 saturated carbocycles. The van der Waals surface area contributed by atoms with Gasteiger partial charge in [0.05, 0.1) is 32.5 Å². The van der Waals surface area contributed by atoms with Gasteiger partial charge in [-0.05, 0) is 172 Å². The van der Waals surface area contributed by atoms with Gasteiger partial charge in [0.15, 0.2) is 30.1 Å². The molecule has 0 spiro atoms. The van der Waals surface area contributed by atoms with Gasteiger partial charge in [-0.3, -0.25) is 19.2 Å². The zero-order valence-corrected chi connectivity index (χ0v) is 80.3. The minimum Gasteiger partial charge on any atom is -0.471 e. The second-order valence-electron chi connectivity index (χ2n) is 31.8. The predicted molar refractivity (Wildman–Crippen MR) is 483 cm³/mol. The summed E-state index contributed by atoms with van der Waals surface area (Å²) in [6.07, 6.45) is 4.77. The lowest BCUT2D eigenvalue weighted by Crippen LogP contribution is -2.41. The Morgan fingerprint density at radius 3 is 1.25 bits per heavy atom. The third-order valence-electron chi connectivity index (χ3n) is 17.5. The number of hydrogen-bond donors (Lipinski definition) is 1. The summed E-state index contributed by atoms with van der Waals surface area (Å²) >= 11 is 12.1. The molecular formula is C90H127NO35S4. The number of carbonyl (C=O) groups excluding carboxylic acids is 15. The maximum absolute atomic E-state index is 11.3. The third kappa shape index (κ3) is 52.8. The molecule has 10 fully saturated rings. The number of rotatable bonds is 26. The van der Waals surface area contributed by atoms with Crippen molar-refractivity contribution < 1.29 is 167 Å². The van der Waals surface area contributed by atoms with Crippen LogP contribution in [0.5, 0.6) is 0 Å². The van der Waals surface area contributed by atoms with Crippen molar-refractivity contribution in [3.8, 4) is 0 Å². The Labute approximate surface area is 779 Å². The second-order valence-corrected chi connectivity index (χ2v) is 34.7. The van der Waals surface area contributed by atoms with E-state index in [0.29, 0.717) is 168 Å². The van der Waals surface area contributed by atoms with Crippen molar-refractivity contribution in [2.75, 3.05) is 90.9 Å². The maximum Gasteiger partial charge on any atom is 0.367 e. The molecule has 10 aliphatic rings. The van der Waals surface area contributed by atoms with Crippen molar-refractivity contribution in [3.05, 3.63) is 122 Å². The van der Waals surface area contributed by atoms with E-state index in [9.17, 15) is 71.9 Å². The molecule has 0 aromatic carbocycles. The largest absolute Gasteiger partial charge is 0.471 e. The molecule has 1 N–H and O–H groups in total. The molecule has 0 aromatic rings. The molecule has 3 aliphatic carbocycles. The smallest absolute Gasteiger partial charge is 0.367 e. The lowest BCUT2D eigenvalue weighted by molar-refractivity contribution is -0.177. The molecule has 0 bridgehead atoms. The highest BCUT2D eigenvalue weighted by molar-refractivity contribution is 8.22. The molecule has 7 heterocycles. The maximum atomic E-state index is 11.3. The van der Waals surface area contributed by atoms with Crippen molar-refractivity contribution in [3.63, 3.8) is 0 Å². The highest BCUT2D eigenvalue weighted by Gasteiger charge is 2.38. The fraction of sp³-hybridized carbons (Fsp3) is 0.589. The van der Waals surface area contributed by atoms with Crippen LogP contribution in [0.3, 0.4) is 0 Å². The molecule has 10 atom stereocenters. The fourth-order valence-electron chi connectivity index (χ4n) is 10.0. The number of Topliss-reactive ketones (excluding diaryl/α,β-unsaturated/α-hetero) is 3. The molecule has 7 aliphatic heterocycles. The fourth-order valence-corrected chi connectivity index (χ4v) is 11.9. The normalized spacial score (nSPS) is 22.9. The molecule has 130 heavy (non-hydrogen) atoms. The van der Waals surface area contributed by atoms with Crippen LogP contribution < -0.4 is 5.32 Å². The molecule has 10 unspecified atom stereocenters. The van der Waals surface area contributed by atoms with E-state index >= 15 is 0 Å². The zero-order chi connectivity index (χ0) is 98.9. The van der Waals surface area contributed by atoms with E-state index < -0.39 is 71.2 Å². The Morgan fingerprint density at radius 2 is 0.892 bits per heavy atom. The minimum absolute atomic E-state index is 0.0320. The number of carbonyl (C=O) groups is 15. The average Bonchev–Trinajstić information content (AvgIpc) is 1.08. The van der Waals surface area contributed by atoms with E-state index in [2.05, 4.69) is 71.1 Å². The van der Waals surface area contributed by atoms with Crippen LogP contribution in [0, 0.1) is 0 Å². The van der Waals surface area contributed by atoms with Crippen molar-refractivity contribution in [2.24, 2.45) is 0 Å². The lowest BCUT2D eigenvalue weighted by Gasteiger charge is -2.32. The second kappa shape index (κ2) is 60.9. The number of thioether (sulfide) groups is 2. The van der Waals surface area contributed by atoms with E-state index in [4.69, 9.17) is 119 Å². The topological polar surface area (TPSA) is 453 Å². The van der Waals surface area contributed by atoms with Crippen LogP contribution in [0.4, 0.5) is 4.79 Å². The number of thiocarbonyl (C=S) groups is 2. The molecule has 726 valence electrons. The third-order valence-corrected chi connectivity index (χ3v) is 19.9. The van der Waals surface area contributed by atoms with Gasteiger partial charge in [-0.25, -0.2) is 52.7 Å². The van der Waals surface area contributed by atoms with Gasteiger partial charge in [0.1, 0.15) is 106 Å². The van der Waals surface area contributed by atoms with Crippen LogP contribution in [-0.2, 0) is 162 Å². The zero-order valence-electron chi connectivity index (χ0n) is 77.1. The van der Waals surface area contributed by atoms with Crippen LogP contribution in [0.25, 0.3) is 0 Å². The van der Waals surface area contributed by atoms with Crippen LogP contribution in [0.15, 0.2) is 122 Å². The van der Waals surface area contributed by atoms with Gasteiger partial charge in [0.25, 0.3) is 5.17 Å². The Balaban J connectivity index is 0.000000723. The number of ether oxygens (including phenoxy) is 20. The highest BCUT2D eigenvalue weighted by atomic mass is 32.2. The molecule has 0 aromatic heterocycles. The predicted octanol–water partition coefficient (Wildman–Crippen LogP) is 11.5. The van der Waals surface area contributed by atoms with Crippen molar-refractivity contribution in [2.45, 2.75) is 253 Å². The van der Waals surface area contributed by atoms with Crippen molar-refractivity contribution >= 4 is 146 Å². The molecule has 0 amide bonds. The Kier molecular flexibility index (Phi) is 55.4. The van der Waals surface area contributed by atoms with Gasteiger partial charge >= 0.3 is 71.0 Å². The monoisotopic (exact) mass is 1910 g/mol. The lowest BCUT2D eigenvalue weighted by atomic mass is 9.85. The van der Waals surface area contributed by atoms with Gasteiger partial charge in [0, 0.05) is 112 Å². The number of nitrogens with one attached hydrogen (secondary N) is 1. The molecular weight excluding hydrogens is 1780 g/mol. The van der Waals surface area contributed by atoms with E-state index in [1.807, 2.05) is 27.7 Å². The number of ketones is 3. The van der Waals surface area contributed by atoms with Crippen LogP contribution >= 0.6 is 48.0 Å². The highest BCUT2D eigenvalue weighted by Crippen LogP contribution is 2.31. The standard InChI is InChI=1S/C11H16O3.C10H16O4.C10H14O4.C9H14O4.2C9H12O3.C8H11NO3S.C8H10O4S.C8H12O4.C8H10O3S2/c1-8(2)10(13)14-11(3)6-4-9(12)5-7-11;1-7(2)9(11)12-5-8-6-13-10(3,4)14-8;1-7(2)9(12)14-10(3)5-4-8(11)13-6-10;1-6(2)9(10)12-5-8-11-4-7(3)13-8;1-6(2)9(11)12-8-4-3-7(10)5-8;1-6(2)9(11)12-8-5-3-4-7(8)10;1-5(2)7(10)11-4-6-3-9-8(13)12-6;1-5(2)7(9)11-3-6-4-13-8(10)12-6;1-6(2)8(9)11-4-7-3-10-5-12-7;1-5(2)7(9)10-3-6-4-13-8(12)11-6/h1,4-7H2,2-3H3;8H,1,5-6H2,2-4H3;1,4-6H2,2-3H3;7-8H,1,4-5H2,2-3H3;2*8H,1,3-5H2,2H3;6H,1,3-4H2,2H3,(H,9,13);6H,1,3-4H2,2H3;7H,1,3-5H2,2H3;6H,1,3-4H2,2H3. The first kappa shape index (κ1) is 118. The molecule has 7 saturated heterocycles. The quantitative estimate of drug-likeness (QED) is 0.0364. The van der Waals surface area contributed by atoms with Crippen LogP contribution in [-0.4, -0.2) is 261 Å². The Hall–Kier alpha value is -9.91. The summed E-state index contributed by atoms with van der Waals surface area (Å²) in [5, 5.41) is 2.87. The summed E-state index contributed by atoms with van der Waals surface area (Å²) in [5.41, 5.74) is 2.62. The molecule has 36 nitrogen and oxygen atoms in total. The summed E-state index contributed by atoms with van der Waals surface area (Å²) in [4.78, 5) is 164. The molecule has 40 heteroatoms. The number of cyclic esters (lactones) is 2. The summed E-state index contributed by atoms with van der Waals surface area (Å²) in [6, 6.07) is 0. The summed E-state index contributed by atoms with van der Waals surface area (Å²) in [6.45, 7) is 63.5. The summed E-state index contributed by atoms with van der Waals surface area (Å²) in [5.74, 6) is -3.12. The van der Waals surface area contributed by atoms with E-state index in [1.165, 1.54) is 11.8 Å². The van der Waals surface area contributed by atoms with Crippen molar-refractivity contribution in [1.82, 2.24) is 5.32 Å². The van der Waals surface area contributed by atoms with E-state index in [0.717, 1.165) is 23.9 Å². The Bertz CT molecular complexity index is 3910. The van der Waals surface area contributed by atoms with Crippen LogP contribution in [0.1, 0.15) is 181 Å². The summed E-state index contributed by atoms with van der Waals surface area (Å²) in [7, 11) is 0. The number of esters is 11. The first-order valence-corrected chi connectivity index (χ1v) is 43.9. The molecule has 10 rings (SSSR count). The van der Waals surface area contributed by atoms with E-state index in [-0.39, 0.29) is 142 Å². The minimum atomic E-state index is -0.691. The van der Waals surface area contributed by atoms with Gasteiger partial charge < -0.3 is 100 Å². The van der Waals surface area contributed by atoms with Gasteiger partial charge in [-0.2, -0.15) is 0 Å². The van der Waals surface area contributed by atoms with Gasteiger partial charge in [0.2, 0.25) is 4.38 Å². The van der Waals surface area contributed by atoms with Gasteiger partial charge in [-0.15, -0.1) is 0 Å². The van der Waals surface area contributed by atoms with Crippen LogP contribution in [0.2, 0.25) is 0 Å². The first-order valence-electron chi connectivity index (χ1n) is 41.1. The van der Waals surface area contributed by atoms with Gasteiger partial charge in [-0.1, -0.05) is 77.6 Å². The first-order chi connectivity index (χ1) is 60.5. The Morgan fingerprint density at radius 1 is 0.454 bits per heavy atom. The number of hydrogen-bond acceptors (Lipinski definition) is 39.